The molecule has 0 amide bonds. The van der Waals surface area contributed by atoms with E-state index < -0.39 is 0 Å². The summed E-state index contributed by atoms with van der Waals surface area (Å²) in [4.78, 5) is 7.86. The molecule has 5 heteroatoms. The van der Waals surface area contributed by atoms with Gasteiger partial charge in [0.15, 0.2) is 0 Å². The second-order valence-electron chi connectivity index (χ2n) is 7.11. The van der Waals surface area contributed by atoms with Crippen molar-refractivity contribution in [1.29, 1.82) is 0 Å². The van der Waals surface area contributed by atoms with Crippen molar-refractivity contribution >= 4 is 16.7 Å². The molecule has 0 radical (unpaired) electrons. The molecular weight excluding hydrogens is 288 g/mol. The zero-order valence-electron chi connectivity index (χ0n) is 13.9. The molecule has 4 rings (SSSR count). The number of piperidine rings is 1. The van der Waals surface area contributed by atoms with Crippen LogP contribution in [0.25, 0.3) is 11.0 Å². The molecule has 3 N–H and O–H groups in total. The van der Waals surface area contributed by atoms with Gasteiger partial charge >= 0.3 is 0 Å². The summed E-state index contributed by atoms with van der Waals surface area (Å²) in [5.74, 6) is 1.27. The maximum absolute atomic E-state index is 5.32. The Hall–Kier alpha value is -1.59. The molecule has 2 aromatic rings. The van der Waals surface area contributed by atoms with Crippen LogP contribution in [0.1, 0.15) is 37.7 Å². The molecule has 0 bridgehead atoms. The van der Waals surface area contributed by atoms with Crippen LogP contribution in [-0.4, -0.2) is 42.3 Å². The number of hydrogen-bond acceptors (Lipinski definition) is 4. The second kappa shape index (κ2) is 6.13. The number of anilines is 1. The molecule has 1 aliphatic carbocycles. The topological polar surface area (TPSA) is 62.0 Å². The lowest BCUT2D eigenvalue weighted by atomic mass is 10.0. The Labute approximate surface area is 137 Å². The van der Waals surface area contributed by atoms with E-state index in [1.165, 1.54) is 35.9 Å². The number of hydrogen-bond donors (Lipinski definition) is 3. The van der Waals surface area contributed by atoms with Crippen molar-refractivity contribution < 1.29 is 4.74 Å². The van der Waals surface area contributed by atoms with Gasteiger partial charge in [-0.3, -0.25) is 0 Å². The quantitative estimate of drug-likeness (QED) is 0.794. The SMILES string of the molecule is COCC1CC1c1c[nH]c2nccc(N[C@@H]3CCC(C)NC3)c12. The Bertz CT molecular complexity index is 675. The van der Waals surface area contributed by atoms with Gasteiger partial charge in [0, 0.05) is 55.8 Å². The Morgan fingerprint density at radius 3 is 3.09 bits per heavy atom. The van der Waals surface area contributed by atoms with Gasteiger partial charge in [-0.05, 0) is 49.7 Å². The van der Waals surface area contributed by atoms with E-state index >= 15 is 0 Å². The van der Waals surface area contributed by atoms with Crippen LogP contribution in [0.2, 0.25) is 0 Å². The number of nitrogens with one attached hydrogen (secondary N) is 3. The van der Waals surface area contributed by atoms with Crippen LogP contribution in [0.15, 0.2) is 18.5 Å². The minimum Gasteiger partial charge on any atom is -0.384 e. The maximum atomic E-state index is 5.32. The molecule has 2 aromatic heterocycles. The molecule has 1 saturated carbocycles. The van der Waals surface area contributed by atoms with E-state index in [1.54, 1.807) is 7.11 Å². The fraction of sp³-hybridized carbons (Fsp3) is 0.611. The van der Waals surface area contributed by atoms with Crippen LogP contribution in [0.5, 0.6) is 0 Å². The summed E-state index contributed by atoms with van der Waals surface area (Å²) in [5, 5.41) is 8.58. The van der Waals surface area contributed by atoms with Gasteiger partial charge in [0.1, 0.15) is 5.65 Å². The first-order chi connectivity index (χ1) is 11.3. The summed E-state index contributed by atoms with van der Waals surface area (Å²) >= 11 is 0. The first-order valence-electron chi connectivity index (χ1n) is 8.71. The molecule has 2 aliphatic rings. The normalized spacial score (nSPS) is 30.5. The Kier molecular flexibility index (Phi) is 3.99. The van der Waals surface area contributed by atoms with Crippen LogP contribution in [0.4, 0.5) is 5.69 Å². The van der Waals surface area contributed by atoms with Gasteiger partial charge < -0.3 is 20.4 Å². The fourth-order valence-electron chi connectivity index (χ4n) is 3.86. The van der Waals surface area contributed by atoms with E-state index in [0.717, 1.165) is 18.8 Å². The minimum absolute atomic E-state index is 0.494. The summed E-state index contributed by atoms with van der Waals surface area (Å²) in [7, 11) is 1.79. The number of rotatable bonds is 5. The van der Waals surface area contributed by atoms with Gasteiger partial charge in [-0.15, -0.1) is 0 Å². The third-order valence-corrected chi connectivity index (χ3v) is 5.33. The molecule has 1 aliphatic heterocycles. The number of fused-ring (bicyclic) bond motifs is 1. The van der Waals surface area contributed by atoms with E-state index in [1.807, 2.05) is 6.20 Å². The van der Waals surface area contributed by atoms with Crippen LogP contribution in [0, 0.1) is 5.92 Å². The summed E-state index contributed by atoms with van der Waals surface area (Å²) in [6.07, 6.45) is 7.70. The molecule has 1 saturated heterocycles. The van der Waals surface area contributed by atoms with E-state index in [2.05, 4.69) is 39.8 Å². The average molecular weight is 314 g/mol. The zero-order chi connectivity index (χ0) is 15.8. The second-order valence-corrected chi connectivity index (χ2v) is 7.11. The summed E-state index contributed by atoms with van der Waals surface area (Å²) in [6.45, 7) is 4.14. The van der Waals surface area contributed by atoms with Crippen LogP contribution in [0.3, 0.4) is 0 Å². The predicted molar refractivity (Wildman–Crippen MR) is 92.9 cm³/mol. The smallest absolute Gasteiger partial charge is 0.139 e. The van der Waals surface area contributed by atoms with Crippen molar-refractivity contribution in [3.63, 3.8) is 0 Å². The zero-order valence-corrected chi connectivity index (χ0v) is 13.9. The lowest BCUT2D eigenvalue weighted by molar-refractivity contribution is 0.184. The molecule has 5 nitrogen and oxygen atoms in total. The number of pyridine rings is 1. The fourth-order valence-corrected chi connectivity index (χ4v) is 3.86. The molecule has 0 spiro atoms. The molecule has 4 atom stereocenters. The van der Waals surface area contributed by atoms with Crippen LogP contribution < -0.4 is 10.6 Å². The molecule has 2 fully saturated rings. The highest BCUT2D eigenvalue weighted by atomic mass is 16.5. The molecule has 0 aromatic carbocycles. The summed E-state index contributed by atoms with van der Waals surface area (Å²) < 4.78 is 5.32. The molecule has 3 heterocycles. The highest BCUT2D eigenvalue weighted by molar-refractivity contribution is 5.93. The number of H-pyrrole nitrogens is 1. The lowest BCUT2D eigenvalue weighted by Gasteiger charge is -2.29. The Balaban J connectivity index is 1.58. The average Bonchev–Trinajstić information content (AvgIpc) is 3.18. The molecule has 3 unspecified atom stereocenters. The number of ether oxygens (including phenoxy) is 1. The summed E-state index contributed by atoms with van der Waals surface area (Å²) in [5.41, 5.74) is 3.61. The van der Waals surface area contributed by atoms with Gasteiger partial charge in [-0.2, -0.15) is 0 Å². The number of methoxy groups -OCH3 is 1. The van der Waals surface area contributed by atoms with Gasteiger partial charge in [0.2, 0.25) is 0 Å². The van der Waals surface area contributed by atoms with Gasteiger partial charge in [-0.1, -0.05) is 0 Å². The third-order valence-electron chi connectivity index (χ3n) is 5.33. The number of aromatic nitrogens is 2. The van der Waals surface area contributed by atoms with Crippen molar-refractivity contribution in [1.82, 2.24) is 15.3 Å². The monoisotopic (exact) mass is 314 g/mol. The highest BCUT2D eigenvalue weighted by Crippen LogP contribution is 2.50. The lowest BCUT2D eigenvalue weighted by Crippen LogP contribution is -2.43. The maximum Gasteiger partial charge on any atom is 0.139 e. The highest BCUT2D eigenvalue weighted by Gasteiger charge is 2.40. The van der Waals surface area contributed by atoms with E-state index in [9.17, 15) is 0 Å². The van der Waals surface area contributed by atoms with Crippen molar-refractivity contribution in [3.8, 4) is 0 Å². The van der Waals surface area contributed by atoms with Gasteiger partial charge in [0.05, 0.1) is 0 Å². The molecule has 124 valence electrons. The Morgan fingerprint density at radius 2 is 2.30 bits per heavy atom. The van der Waals surface area contributed by atoms with Crippen molar-refractivity contribution in [2.75, 3.05) is 25.6 Å². The molecular formula is C18H26N4O. The third kappa shape index (κ3) is 2.95. The minimum atomic E-state index is 0.494. The largest absolute Gasteiger partial charge is 0.384 e. The van der Waals surface area contributed by atoms with Crippen molar-refractivity contribution in [2.24, 2.45) is 5.92 Å². The summed E-state index contributed by atoms with van der Waals surface area (Å²) in [6, 6.07) is 3.24. The first kappa shape index (κ1) is 15.0. The van der Waals surface area contributed by atoms with Gasteiger partial charge in [0.25, 0.3) is 0 Å². The van der Waals surface area contributed by atoms with Gasteiger partial charge in [-0.25, -0.2) is 4.98 Å². The number of nitrogens with zero attached hydrogens (tertiary/aromatic N) is 1. The predicted octanol–water partition coefficient (Wildman–Crippen LogP) is 2.87. The van der Waals surface area contributed by atoms with Crippen LogP contribution in [-0.2, 0) is 4.74 Å². The molecule has 23 heavy (non-hydrogen) atoms. The van der Waals surface area contributed by atoms with Crippen molar-refractivity contribution in [2.45, 2.75) is 44.2 Å². The van der Waals surface area contributed by atoms with Crippen LogP contribution >= 0.6 is 0 Å². The van der Waals surface area contributed by atoms with Crippen molar-refractivity contribution in [3.05, 3.63) is 24.0 Å². The standard InChI is InChI=1S/C18H26N4O/c1-11-3-4-13(8-20-11)22-16-5-6-19-18-17(16)15(9-21-18)14-7-12(14)10-23-2/h5-6,9,11-14,20H,3-4,7-8,10H2,1-2H3,(H2,19,21,22)/t11?,12?,13-,14?/m1/s1. The first-order valence-corrected chi connectivity index (χ1v) is 8.71. The van der Waals surface area contributed by atoms with E-state index in [0.29, 0.717) is 23.9 Å². The Morgan fingerprint density at radius 1 is 1.39 bits per heavy atom. The number of aromatic amines is 1. The van der Waals surface area contributed by atoms with E-state index in [4.69, 9.17) is 4.74 Å². The van der Waals surface area contributed by atoms with E-state index in [-0.39, 0.29) is 0 Å².